The molecule has 1 aromatic heterocycles. The lowest BCUT2D eigenvalue weighted by atomic mass is 10.0. The summed E-state index contributed by atoms with van der Waals surface area (Å²) in [6.07, 6.45) is 4.60. The minimum Gasteiger partial charge on any atom is -0.480 e. The number of carbonyl (C=O) groups is 1. The Balaban J connectivity index is 1.47. The molecule has 0 radical (unpaired) electrons. The number of aromatic nitrogens is 2. The van der Waals surface area contributed by atoms with Gasteiger partial charge in [0.25, 0.3) is 0 Å². The predicted octanol–water partition coefficient (Wildman–Crippen LogP) is 7.91. The zero-order valence-corrected chi connectivity index (χ0v) is 26.9. The fourth-order valence-electron chi connectivity index (χ4n) is 5.27. The van der Waals surface area contributed by atoms with E-state index in [1.54, 1.807) is 41.1 Å². The van der Waals surface area contributed by atoms with E-state index in [2.05, 4.69) is 31.2 Å². The number of benzene rings is 4. The molecule has 0 amide bonds. The van der Waals surface area contributed by atoms with E-state index in [1.165, 1.54) is 37.6 Å². The summed E-state index contributed by atoms with van der Waals surface area (Å²) in [7, 11) is -2.80. The molecular formula is C36H36ClN3O4S. The lowest BCUT2D eigenvalue weighted by Gasteiger charge is -2.24. The Labute approximate surface area is 269 Å². The molecule has 7 nitrogen and oxygen atoms in total. The summed E-state index contributed by atoms with van der Waals surface area (Å²) in [4.78, 5) is 12.1. The normalized spacial score (nSPS) is 12.4. The van der Waals surface area contributed by atoms with Crippen molar-refractivity contribution in [1.82, 2.24) is 14.1 Å². The highest BCUT2D eigenvalue weighted by Crippen LogP contribution is 2.31. The molecule has 0 fully saturated rings. The van der Waals surface area contributed by atoms with Gasteiger partial charge in [0.15, 0.2) is 0 Å². The van der Waals surface area contributed by atoms with Crippen molar-refractivity contribution in [3.05, 3.63) is 125 Å². The van der Waals surface area contributed by atoms with E-state index in [4.69, 9.17) is 16.7 Å². The van der Waals surface area contributed by atoms with Crippen molar-refractivity contribution in [2.24, 2.45) is 0 Å². The zero-order valence-electron chi connectivity index (χ0n) is 25.3. The maximum absolute atomic E-state index is 13.6. The average Bonchev–Trinajstić information content (AvgIpc) is 3.50. The van der Waals surface area contributed by atoms with Crippen LogP contribution in [0.5, 0.6) is 0 Å². The van der Waals surface area contributed by atoms with Crippen LogP contribution in [0.4, 0.5) is 0 Å². The van der Waals surface area contributed by atoms with Crippen molar-refractivity contribution in [2.75, 3.05) is 7.05 Å². The number of halogens is 1. The Bertz CT molecular complexity index is 1840. The van der Waals surface area contributed by atoms with Crippen LogP contribution in [0, 0.1) is 0 Å². The number of sulfonamides is 1. The first-order valence-corrected chi connectivity index (χ1v) is 16.8. The monoisotopic (exact) mass is 641 g/mol. The molecule has 5 rings (SSSR count). The van der Waals surface area contributed by atoms with Crippen LogP contribution in [0.1, 0.15) is 37.3 Å². The van der Waals surface area contributed by atoms with Gasteiger partial charge in [-0.25, -0.2) is 13.1 Å². The number of rotatable bonds is 13. The highest BCUT2D eigenvalue weighted by molar-refractivity contribution is 7.89. The van der Waals surface area contributed by atoms with Crippen LogP contribution in [0.25, 0.3) is 28.2 Å². The van der Waals surface area contributed by atoms with Gasteiger partial charge in [-0.2, -0.15) is 9.40 Å². The zero-order chi connectivity index (χ0) is 32.0. The fourth-order valence-corrected chi connectivity index (χ4v) is 6.71. The van der Waals surface area contributed by atoms with Gasteiger partial charge in [-0.15, -0.1) is 0 Å². The van der Waals surface area contributed by atoms with E-state index >= 15 is 0 Å². The molecular weight excluding hydrogens is 606 g/mol. The van der Waals surface area contributed by atoms with Crippen molar-refractivity contribution in [2.45, 2.75) is 50.0 Å². The molecule has 0 aliphatic rings. The first-order valence-electron chi connectivity index (χ1n) is 15.0. The third-order valence-corrected chi connectivity index (χ3v) is 10.1. The van der Waals surface area contributed by atoms with Crippen LogP contribution >= 0.6 is 11.6 Å². The van der Waals surface area contributed by atoms with Gasteiger partial charge in [-0.3, -0.25) is 4.79 Å². The van der Waals surface area contributed by atoms with E-state index in [0.29, 0.717) is 10.7 Å². The van der Waals surface area contributed by atoms with E-state index in [1.807, 2.05) is 36.4 Å². The second-order valence-corrected chi connectivity index (χ2v) is 13.5. The first kappa shape index (κ1) is 32.2. The molecule has 1 heterocycles. The molecule has 0 saturated heterocycles. The summed E-state index contributed by atoms with van der Waals surface area (Å²) >= 11 is 6.13. The summed E-state index contributed by atoms with van der Waals surface area (Å²) in [6, 6.07) is 32.0. The van der Waals surface area contributed by atoms with Gasteiger partial charge in [-0.05, 0) is 72.9 Å². The molecule has 1 N–H and O–H groups in total. The SMILES string of the molecule is CCCCCc1ccc(-c2cc(-c3ccc(Cl)cc3)nn2-c2ccc(S(=O)(=O)N(C)C(Cc3ccccc3)C(=O)O)cc2)cc1. The molecule has 0 spiro atoms. The maximum atomic E-state index is 13.6. The second kappa shape index (κ2) is 14.2. The minimum absolute atomic E-state index is 0.00359. The molecule has 0 aliphatic heterocycles. The molecule has 0 bridgehead atoms. The topological polar surface area (TPSA) is 92.5 Å². The smallest absolute Gasteiger partial charge is 0.322 e. The Morgan fingerprint density at radius 1 is 0.867 bits per heavy atom. The highest BCUT2D eigenvalue weighted by atomic mass is 35.5. The molecule has 1 atom stereocenters. The Kier molecular flexibility index (Phi) is 10.2. The lowest BCUT2D eigenvalue weighted by Crippen LogP contribution is -2.43. The van der Waals surface area contributed by atoms with Crippen molar-refractivity contribution < 1.29 is 18.3 Å². The standard InChI is InChI=1S/C36H36ClN3O4S/c1-3-4-6-9-26-12-14-29(15-13-26)34-25-33(28-16-18-30(37)19-17-28)38-40(34)31-20-22-32(23-21-31)45(43,44)39(2)35(36(41)42)24-27-10-7-5-8-11-27/h5,7-8,10-23,25,35H,3-4,6,9,24H2,1-2H3,(H,41,42). The summed E-state index contributed by atoms with van der Waals surface area (Å²) in [5, 5.41) is 15.4. The third-order valence-electron chi connectivity index (χ3n) is 7.92. The largest absolute Gasteiger partial charge is 0.480 e. The van der Waals surface area contributed by atoms with Crippen molar-refractivity contribution in [3.8, 4) is 28.2 Å². The maximum Gasteiger partial charge on any atom is 0.322 e. The number of aryl methyl sites for hydroxylation is 1. The van der Waals surface area contributed by atoms with Crippen LogP contribution in [-0.2, 0) is 27.7 Å². The molecule has 9 heteroatoms. The Morgan fingerprint density at radius 2 is 1.51 bits per heavy atom. The second-order valence-electron chi connectivity index (χ2n) is 11.0. The van der Waals surface area contributed by atoms with Crippen molar-refractivity contribution >= 4 is 27.6 Å². The minimum atomic E-state index is -4.11. The van der Waals surface area contributed by atoms with Gasteiger partial charge in [-0.1, -0.05) is 98.1 Å². The number of carboxylic acid groups (broad SMARTS) is 1. The van der Waals surface area contributed by atoms with Crippen LogP contribution in [0.3, 0.4) is 0 Å². The molecule has 0 saturated carbocycles. The Hall–Kier alpha value is -4.24. The third kappa shape index (κ3) is 7.53. The molecule has 4 aromatic carbocycles. The van der Waals surface area contributed by atoms with E-state index < -0.39 is 22.0 Å². The summed E-state index contributed by atoms with van der Waals surface area (Å²) < 4.78 is 29.9. The lowest BCUT2D eigenvalue weighted by molar-refractivity contribution is -0.141. The molecule has 45 heavy (non-hydrogen) atoms. The number of unbranched alkanes of at least 4 members (excludes halogenated alkanes) is 2. The van der Waals surface area contributed by atoms with Crippen LogP contribution < -0.4 is 0 Å². The van der Waals surface area contributed by atoms with Gasteiger partial charge in [0.05, 0.1) is 22.0 Å². The summed E-state index contributed by atoms with van der Waals surface area (Å²) in [5.74, 6) is -1.21. The van der Waals surface area contributed by atoms with Gasteiger partial charge in [0, 0.05) is 23.2 Å². The number of hydrogen-bond acceptors (Lipinski definition) is 4. The van der Waals surface area contributed by atoms with Crippen molar-refractivity contribution in [3.63, 3.8) is 0 Å². The number of carboxylic acids is 1. The number of hydrogen-bond donors (Lipinski definition) is 1. The van der Waals surface area contributed by atoms with Gasteiger partial charge < -0.3 is 5.11 Å². The summed E-state index contributed by atoms with van der Waals surface area (Å²) in [5.41, 5.74) is 6.15. The number of likely N-dealkylation sites (N-methyl/N-ethyl adjacent to an activating group) is 1. The Morgan fingerprint density at radius 3 is 2.13 bits per heavy atom. The fraction of sp³-hybridized carbons (Fsp3) is 0.222. The molecule has 232 valence electrons. The predicted molar refractivity (Wildman–Crippen MR) is 179 cm³/mol. The number of nitrogens with zero attached hydrogens (tertiary/aromatic N) is 3. The first-order chi connectivity index (χ1) is 21.7. The average molecular weight is 642 g/mol. The van der Waals surface area contributed by atoms with Crippen LogP contribution in [0.15, 0.2) is 114 Å². The van der Waals surface area contributed by atoms with Gasteiger partial charge >= 0.3 is 5.97 Å². The van der Waals surface area contributed by atoms with E-state index in [9.17, 15) is 18.3 Å². The van der Waals surface area contributed by atoms with Gasteiger partial charge in [0.1, 0.15) is 6.04 Å². The molecule has 5 aromatic rings. The van der Waals surface area contributed by atoms with Crippen LogP contribution in [0.2, 0.25) is 5.02 Å². The highest BCUT2D eigenvalue weighted by Gasteiger charge is 2.33. The quantitative estimate of drug-likeness (QED) is 0.132. The van der Waals surface area contributed by atoms with E-state index in [-0.39, 0.29) is 11.3 Å². The number of aliphatic carboxylic acids is 1. The van der Waals surface area contributed by atoms with Gasteiger partial charge in [0.2, 0.25) is 10.0 Å². The van der Waals surface area contributed by atoms with Crippen molar-refractivity contribution in [1.29, 1.82) is 0 Å². The molecule has 1 unspecified atom stereocenters. The van der Waals surface area contributed by atoms with E-state index in [0.717, 1.165) is 45.2 Å². The van der Waals surface area contributed by atoms with Crippen LogP contribution in [-0.4, -0.2) is 46.7 Å². The molecule has 0 aliphatic carbocycles. The summed E-state index contributed by atoms with van der Waals surface area (Å²) in [6.45, 7) is 2.20.